The standard InChI is InChI=1S/C17H28N2/c1-3-6-15-7-5-11-19(12-10-15)13-16-8-4-9-17(18)14(16)2/h4,8-9,15H,3,5-7,10-13,18H2,1-2H3. The van der Waals surface area contributed by atoms with E-state index >= 15 is 0 Å². The third-order valence-electron chi connectivity index (χ3n) is 4.52. The maximum atomic E-state index is 6.00. The summed E-state index contributed by atoms with van der Waals surface area (Å²) in [7, 11) is 0. The highest BCUT2D eigenvalue weighted by Gasteiger charge is 2.17. The quantitative estimate of drug-likeness (QED) is 0.830. The zero-order chi connectivity index (χ0) is 13.7. The van der Waals surface area contributed by atoms with Crippen LogP contribution in [0.4, 0.5) is 5.69 Å². The Bertz CT molecular complexity index is 400. The molecule has 1 atom stereocenters. The van der Waals surface area contributed by atoms with E-state index in [2.05, 4.69) is 30.9 Å². The average molecular weight is 260 g/mol. The van der Waals surface area contributed by atoms with Crippen LogP contribution < -0.4 is 5.73 Å². The van der Waals surface area contributed by atoms with Crippen molar-refractivity contribution in [1.82, 2.24) is 4.90 Å². The van der Waals surface area contributed by atoms with Crippen LogP contribution in [-0.4, -0.2) is 18.0 Å². The van der Waals surface area contributed by atoms with Crippen LogP contribution in [0.25, 0.3) is 0 Å². The van der Waals surface area contributed by atoms with E-state index in [0.717, 1.165) is 18.2 Å². The molecule has 1 aromatic carbocycles. The molecule has 0 aliphatic carbocycles. The Kier molecular flexibility index (Phi) is 5.26. The highest BCUT2D eigenvalue weighted by Crippen LogP contribution is 2.24. The van der Waals surface area contributed by atoms with Gasteiger partial charge in [-0.25, -0.2) is 0 Å². The lowest BCUT2D eigenvalue weighted by atomic mass is 9.96. The van der Waals surface area contributed by atoms with Crippen LogP contribution in [-0.2, 0) is 6.54 Å². The molecule has 0 spiro atoms. The number of rotatable bonds is 4. The second-order valence-corrected chi connectivity index (χ2v) is 5.99. The number of anilines is 1. The van der Waals surface area contributed by atoms with Crippen LogP contribution in [0.1, 0.15) is 50.2 Å². The first-order valence-electron chi connectivity index (χ1n) is 7.77. The molecule has 106 valence electrons. The van der Waals surface area contributed by atoms with E-state index in [9.17, 15) is 0 Å². The molecule has 1 saturated heterocycles. The molecule has 0 amide bonds. The summed E-state index contributed by atoms with van der Waals surface area (Å²) in [5, 5.41) is 0. The van der Waals surface area contributed by atoms with Gasteiger partial charge in [-0.2, -0.15) is 0 Å². The minimum Gasteiger partial charge on any atom is -0.399 e. The molecule has 1 aliphatic heterocycles. The molecule has 1 aromatic rings. The highest BCUT2D eigenvalue weighted by atomic mass is 15.1. The van der Waals surface area contributed by atoms with Crippen molar-refractivity contribution in [3.63, 3.8) is 0 Å². The van der Waals surface area contributed by atoms with Gasteiger partial charge >= 0.3 is 0 Å². The Balaban J connectivity index is 1.94. The summed E-state index contributed by atoms with van der Waals surface area (Å²) in [5.74, 6) is 0.955. The molecule has 0 aromatic heterocycles. The molecule has 2 N–H and O–H groups in total. The van der Waals surface area contributed by atoms with Crippen molar-refractivity contribution in [2.75, 3.05) is 18.8 Å². The molecular formula is C17H28N2. The fourth-order valence-corrected chi connectivity index (χ4v) is 3.20. The molecular weight excluding hydrogens is 232 g/mol. The third kappa shape index (κ3) is 3.97. The number of nitrogens with two attached hydrogens (primary N) is 1. The zero-order valence-corrected chi connectivity index (χ0v) is 12.5. The summed E-state index contributed by atoms with van der Waals surface area (Å²) >= 11 is 0. The number of likely N-dealkylation sites (tertiary alicyclic amines) is 1. The van der Waals surface area contributed by atoms with E-state index in [1.54, 1.807) is 0 Å². The second-order valence-electron chi connectivity index (χ2n) is 5.99. The van der Waals surface area contributed by atoms with Gasteiger partial charge in [-0.1, -0.05) is 31.9 Å². The smallest absolute Gasteiger partial charge is 0.0346 e. The second kappa shape index (κ2) is 6.95. The first kappa shape index (κ1) is 14.4. The van der Waals surface area contributed by atoms with Crippen molar-refractivity contribution in [3.8, 4) is 0 Å². The Labute approximate surface area is 118 Å². The van der Waals surface area contributed by atoms with Gasteiger partial charge < -0.3 is 5.73 Å². The SMILES string of the molecule is CCCC1CCCN(Cc2cccc(N)c2C)CC1. The molecule has 0 radical (unpaired) electrons. The van der Waals surface area contributed by atoms with Gasteiger partial charge in [0.15, 0.2) is 0 Å². The predicted octanol–water partition coefficient (Wildman–Crippen LogP) is 3.98. The molecule has 0 bridgehead atoms. The average Bonchev–Trinajstić information content (AvgIpc) is 2.61. The van der Waals surface area contributed by atoms with E-state index in [1.807, 2.05) is 6.07 Å². The van der Waals surface area contributed by atoms with Gasteiger partial charge in [0.1, 0.15) is 0 Å². The number of benzene rings is 1. The first-order chi connectivity index (χ1) is 9.20. The first-order valence-corrected chi connectivity index (χ1v) is 7.77. The van der Waals surface area contributed by atoms with Crippen molar-refractivity contribution >= 4 is 5.69 Å². The number of nitrogen functional groups attached to an aromatic ring is 1. The van der Waals surface area contributed by atoms with Gasteiger partial charge in [0.25, 0.3) is 0 Å². The molecule has 19 heavy (non-hydrogen) atoms. The maximum Gasteiger partial charge on any atom is 0.0346 e. The summed E-state index contributed by atoms with van der Waals surface area (Å²) < 4.78 is 0. The van der Waals surface area contributed by atoms with Crippen LogP contribution in [0, 0.1) is 12.8 Å². The summed E-state index contributed by atoms with van der Waals surface area (Å²) in [5.41, 5.74) is 9.58. The highest BCUT2D eigenvalue weighted by molar-refractivity contribution is 5.49. The van der Waals surface area contributed by atoms with Gasteiger partial charge in [-0.3, -0.25) is 4.90 Å². The van der Waals surface area contributed by atoms with Gasteiger partial charge in [-0.05, 0) is 62.4 Å². The summed E-state index contributed by atoms with van der Waals surface area (Å²) in [4.78, 5) is 2.61. The van der Waals surface area contributed by atoms with E-state index < -0.39 is 0 Å². The van der Waals surface area contributed by atoms with Crippen molar-refractivity contribution < 1.29 is 0 Å². The number of nitrogens with zero attached hydrogens (tertiary/aromatic N) is 1. The van der Waals surface area contributed by atoms with E-state index in [4.69, 9.17) is 5.73 Å². The third-order valence-corrected chi connectivity index (χ3v) is 4.52. The van der Waals surface area contributed by atoms with Gasteiger partial charge in [0.05, 0.1) is 0 Å². The normalized spacial score (nSPS) is 21.3. The molecule has 1 fully saturated rings. The lowest BCUT2D eigenvalue weighted by molar-refractivity contribution is 0.271. The Hall–Kier alpha value is -1.02. The minimum atomic E-state index is 0.927. The van der Waals surface area contributed by atoms with Crippen molar-refractivity contribution in [1.29, 1.82) is 0 Å². The van der Waals surface area contributed by atoms with E-state index in [-0.39, 0.29) is 0 Å². The summed E-state index contributed by atoms with van der Waals surface area (Å²) in [6.45, 7) is 8.00. The molecule has 1 heterocycles. The minimum absolute atomic E-state index is 0.927. The van der Waals surface area contributed by atoms with Crippen LogP contribution in [0.2, 0.25) is 0 Å². The Morgan fingerprint density at radius 2 is 2.11 bits per heavy atom. The number of hydrogen-bond donors (Lipinski definition) is 1. The fraction of sp³-hybridized carbons (Fsp3) is 0.647. The van der Waals surface area contributed by atoms with Crippen molar-refractivity contribution in [2.24, 2.45) is 5.92 Å². The molecule has 1 unspecified atom stereocenters. The lowest BCUT2D eigenvalue weighted by Crippen LogP contribution is -2.24. The summed E-state index contributed by atoms with van der Waals surface area (Å²) in [6.07, 6.45) is 6.88. The van der Waals surface area contributed by atoms with Crippen LogP contribution >= 0.6 is 0 Å². The van der Waals surface area contributed by atoms with E-state index in [0.29, 0.717) is 0 Å². The largest absolute Gasteiger partial charge is 0.399 e. The maximum absolute atomic E-state index is 6.00. The van der Waals surface area contributed by atoms with Gasteiger partial charge in [0.2, 0.25) is 0 Å². The topological polar surface area (TPSA) is 29.3 Å². The molecule has 2 rings (SSSR count). The van der Waals surface area contributed by atoms with E-state index in [1.165, 1.54) is 56.3 Å². The molecule has 0 saturated carbocycles. The Morgan fingerprint density at radius 1 is 1.26 bits per heavy atom. The predicted molar refractivity (Wildman–Crippen MR) is 83.1 cm³/mol. The van der Waals surface area contributed by atoms with Crippen LogP contribution in [0.3, 0.4) is 0 Å². The summed E-state index contributed by atoms with van der Waals surface area (Å²) in [6, 6.07) is 6.30. The lowest BCUT2D eigenvalue weighted by Gasteiger charge is -2.21. The fourth-order valence-electron chi connectivity index (χ4n) is 3.20. The van der Waals surface area contributed by atoms with Crippen molar-refractivity contribution in [2.45, 2.75) is 52.5 Å². The van der Waals surface area contributed by atoms with Crippen molar-refractivity contribution in [3.05, 3.63) is 29.3 Å². The van der Waals surface area contributed by atoms with Crippen LogP contribution in [0.5, 0.6) is 0 Å². The zero-order valence-electron chi connectivity index (χ0n) is 12.5. The van der Waals surface area contributed by atoms with Crippen LogP contribution in [0.15, 0.2) is 18.2 Å². The molecule has 2 nitrogen and oxygen atoms in total. The monoisotopic (exact) mass is 260 g/mol. The van der Waals surface area contributed by atoms with Gasteiger partial charge in [0, 0.05) is 12.2 Å². The molecule has 2 heteroatoms. The Morgan fingerprint density at radius 3 is 2.89 bits per heavy atom. The molecule has 1 aliphatic rings. The number of hydrogen-bond acceptors (Lipinski definition) is 2. The van der Waals surface area contributed by atoms with Gasteiger partial charge in [-0.15, -0.1) is 0 Å².